The van der Waals surface area contributed by atoms with E-state index < -0.39 is 34.9 Å². The SMILES string of the molecule is CC1(C)[C@H](C(=O)OC[C@@H](O)CN2CCN(C/C=C/c3ccccc3)CC2)CC[C@]1(C)C(=O)OC[C@H](O)CN1CCN(C/C=C/c2ccccc2)CC1. The van der Waals surface area contributed by atoms with Gasteiger partial charge in [-0.05, 0) is 36.3 Å². The number of benzene rings is 2. The average Bonchev–Trinajstić information content (AvgIpc) is 3.40. The lowest BCUT2D eigenvalue weighted by Crippen LogP contribution is -2.49. The number of carbonyl (C=O) groups excluding carboxylic acids is 2. The largest absolute Gasteiger partial charge is 0.463 e. The first-order valence-electron chi connectivity index (χ1n) is 19.1. The molecule has 0 aromatic heterocycles. The van der Waals surface area contributed by atoms with Crippen LogP contribution in [0.25, 0.3) is 12.2 Å². The van der Waals surface area contributed by atoms with E-state index >= 15 is 0 Å². The molecule has 2 aliphatic heterocycles. The molecule has 0 unspecified atom stereocenters. The van der Waals surface area contributed by atoms with E-state index in [9.17, 15) is 19.8 Å². The molecule has 2 aromatic carbocycles. The van der Waals surface area contributed by atoms with Gasteiger partial charge in [-0.1, -0.05) is 98.8 Å². The van der Waals surface area contributed by atoms with Crippen LogP contribution in [0.5, 0.6) is 0 Å². The van der Waals surface area contributed by atoms with Crippen molar-refractivity contribution in [3.8, 4) is 0 Å². The van der Waals surface area contributed by atoms with E-state index in [1.165, 1.54) is 11.1 Å². The predicted molar refractivity (Wildman–Crippen MR) is 205 cm³/mol. The summed E-state index contributed by atoms with van der Waals surface area (Å²) in [4.78, 5) is 36.0. The molecule has 52 heavy (non-hydrogen) atoms. The van der Waals surface area contributed by atoms with Crippen LogP contribution in [-0.2, 0) is 19.1 Å². The topological polar surface area (TPSA) is 106 Å². The molecule has 284 valence electrons. The summed E-state index contributed by atoms with van der Waals surface area (Å²) in [5, 5.41) is 21.5. The minimum absolute atomic E-state index is 0.0720. The van der Waals surface area contributed by atoms with Gasteiger partial charge in [-0.3, -0.25) is 29.2 Å². The normalized spacial score (nSPS) is 24.7. The predicted octanol–water partition coefficient (Wildman–Crippen LogP) is 3.90. The van der Waals surface area contributed by atoms with E-state index in [1.54, 1.807) is 0 Å². The van der Waals surface area contributed by atoms with Crippen LogP contribution in [0.4, 0.5) is 0 Å². The maximum Gasteiger partial charge on any atom is 0.312 e. The van der Waals surface area contributed by atoms with Crippen LogP contribution in [0.15, 0.2) is 72.8 Å². The highest BCUT2D eigenvalue weighted by molar-refractivity contribution is 5.82. The van der Waals surface area contributed by atoms with Crippen molar-refractivity contribution in [1.82, 2.24) is 19.6 Å². The highest BCUT2D eigenvalue weighted by Crippen LogP contribution is 2.57. The smallest absolute Gasteiger partial charge is 0.312 e. The third kappa shape index (κ3) is 11.1. The van der Waals surface area contributed by atoms with Crippen LogP contribution in [0, 0.1) is 16.7 Å². The van der Waals surface area contributed by atoms with Crippen LogP contribution >= 0.6 is 0 Å². The van der Waals surface area contributed by atoms with E-state index in [2.05, 4.69) is 68.2 Å². The summed E-state index contributed by atoms with van der Waals surface area (Å²) in [6.45, 7) is 15.3. The Morgan fingerprint density at radius 1 is 0.692 bits per heavy atom. The van der Waals surface area contributed by atoms with Crippen molar-refractivity contribution in [1.29, 1.82) is 0 Å². The summed E-state index contributed by atoms with van der Waals surface area (Å²) in [7, 11) is 0. The Morgan fingerprint density at radius 3 is 1.58 bits per heavy atom. The molecule has 3 aliphatic rings. The number of rotatable bonds is 16. The molecule has 3 fully saturated rings. The summed E-state index contributed by atoms with van der Waals surface area (Å²) >= 11 is 0. The zero-order valence-corrected chi connectivity index (χ0v) is 31.4. The Hall–Kier alpha value is -3.38. The summed E-state index contributed by atoms with van der Waals surface area (Å²) in [5.74, 6) is -1.27. The van der Waals surface area contributed by atoms with Gasteiger partial charge in [0.2, 0.25) is 0 Å². The van der Waals surface area contributed by atoms with Gasteiger partial charge in [0.25, 0.3) is 0 Å². The van der Waals surface area contributed by atoms with Crippen molar-refractivity contribution in [3.05, 3.63) is 83.9 Å². The van der Waals surface area contributed by atoms with Crippen molar-refractivity contribution >= 4 is 24.1 Å². The Kier molecular flexibility index (Phi) is 14.6. The average molecular weight is 717 g/mol. The number of carbonyl (C=O) groups is 2. The van der Waals surface area contributed by atoms with Gasteiger partial charge in [0, 0.05) is 78.5 Å². The van der Waals surface area contributed by atoms with E-state index in [0.717, 1.165) is 65.4 Å². The number of esters is 2. The van der Waals surface area contributed by atoms with Gasteiger partial charge in [-0.2, -0.15) is 0 Å². The van der Waals surface area contributed by atoms with Gasteiger partial charge in [-0.25, -0.2) is 0 Å². The summed E-state index contributed by atoms with van der Waals surface area (Å²) in [5.41, 5.74) is 0.774. The third-order valence-electron chi connectivity index (χ3n) is 11.6. The van der Waals surface area contributed by atoms with Crippen molar-refractivity contribution in [3.63, 3.8) is 0 Å². The van der Waals surface area contributed by atoms with Crippen LogP contribution in [-0.4, -0.2) is 146 Å². The zero-order valence-electron chi connectivity index (χ0n) is 31.4. The van der Waals surface area contributed by atoms with Gasteiger partial charge in [0.1, 0.15) is 25.4 Å². The Labute approximate surface area is 310 Å². The molecule has 4 atom stereocenters. The van der Waals surface area contributed by atoms with Crippen LogP contribution in [0.2, 0.25) is 0 Å². The summed E-state index contributed by atoms with van der Waals surface area (Å²) in [6.07, 6.45) is 8.08. The first kappa shape index (κ1) is 39.8. The Bertz CT molecular complexity index is 1450. The third-order valence-corrected chi connectivity index (χ3v) is 11.6. The first-order valence-corrected chi connectivity index (χ1v) is 19.1. The Balaban J connectivity index is 0.966. The maximum atomic E-state index is 13.5. The molecule has 0 spiro atoms. The van der Waals surface area contributed by atoms with Crippen molar-refractivity contribution in [2.75, 3.05) is 91.8 Å². The molecule has 0 amide bonds. The molecule has 10 nitrogen and oxygen atoms in total. The lowest BCUT2D eigenvalue weighted by atomic mass is 9.65. The second kappa shape index (κ2) is 19.1. The monoisotopic (exact) mass is 716 g/mol. The fourth-order valence-electron chi connectivity index (χ4n) is 7.70. The first-order chi connectivity index (χ1) is 25.0. The van der Waals surface area contributed by atoms with Gasteiger partial charge in [-0.15, -0.1) is 0 Å². The molecule has 1 aliphatic carbocycles. The second-order valence-corrected chi connectivity index (χ2v) is 15.5. The number of piperazine rings is 2. The van der Waals surface area contributed by atoms with E-state index in [-0.39, 0.29) is 19.2 Å². The molecule has 2 heterocycles. The van der Waals surface area contributed by atoms with Gasteiger partial charge in [0.15, 0.2) is 0 Å². The number of aliphatic hydroxyl groups is 2. The van der Waals surface area contributed by atoms with Crippen molar-refractivity contribution in [2.45, 2.75) is 45.8 Å². The number of aliphatic hydroxyl groups excluding tert-OH is 2. The molecule has 10 heteroatoms. The number of nitrogens with zero attached hydrogens (tertiary/aromatic N) is 4. The van der Waals surface area contributed by atoms with Crippen molar-refractivity contribution < 1.29 is 29.3 Å². The molecule has 0 bridgehead atoms. The molecule has 2 saturated heterocycles. The summed E-state index contributed by atoms with van der Waals surface area (Å²) < 4.78 is 11.4. The van der Waals surface area contributed by atoms with Gasteiger partial charge < -0.3 is 19.7 Å². The minimum Gasteiger partial charge on any atom is -0.463 e. The molecule has 2 aromatic rings. The molecule has 1 saturated carbocycles. The fourth-order valence-corrected chi connectivity index (χ4v) is 7.70. The van der Waals surface area contributed by atoms with E-state index in [0.29, 0.717) is 25.9 Å². The van der Waals surface area contributed by atoms with E-state index in [1.807, 2.05) is 57.2 Å². The maximum absolute atomic E-state index is 13.5. The second-order valence-electron chi connectivity index (χ2n) is 15.5. The quantitative estimate of drug-likeness (QED) is 0.249. The van der Waals surface area contributed by atoms with Crippen LogP contribution in [0.3, 0.4) is 0 Å². The van der Waals surface area contributed by atoms with Gasteiger partial charge >= 0.3 is 11.9 Å². The van der Waals surface area contributed by atoms with Crippen LogP contribution in [0.1, 0.15) is 44.7 Å². The van der Waals surface area contributed by atoms with Gasteiger partial charge in [0.05, 0.1) is 11.3 Å². The molecule has 2 N–H and O–H groups in total. The van der Waals surface area contributed by atoms with Crippen molar-refractivity contribution in [2.24, 2.45) is 16.7 Å². The number of hydrogen-bond donors (Lipinski definition) is 2. The minimum atomic E-state index is -0.899. The lowest BCUT2D eigenvalue weighted by Gasteiger charge is -2.39. The van der Waals surface area contributed by atoms with Crippen LogP contribution < -0.4 is 0 Å². The molecular weight excluding hydrogens is 656 g/mol. The molecule has 5 rings (SSSR count). The summed E-state index contributed by atoms with van der Waals surface area (Å²) in [6, 6.07) is 20.5. The number of ether oxygens (including phenoxy) is 2. The molecular formula is C42H60N4O6. The van der Waals surface area contributed by atoms with E-state index in [4.69, 9.17) is 9.47 Å². The number of hydrogen-bond acceptors (Lipinski definition) is 10. The molecule has 0 radical (unpaired) electrons. The standard InChI is InChI=1S/C42H60N4O6/c1-41(2)38(39(49)51-32-36(47)30-45-26-22-43(23-27-45)20-10-16-34-12-6-4-7-13-34)18-19-42(41,3)40(50)52-33-37(48)31-46-28-24-44(25-29-46)21-11-17-35-14-8-5-9-15-35/h4-17,36-38,47-48H,18-33H2,1-3H3/b16-10+,17-11+/t36-,37+,38-,42+/m0/s1. The number of β-amino-alcohol motifs (C(OH)–C–C–N with tert-alkyl or cyclic N) is 2. The Morgan fingerprint density at radius 2 is 1.12 bits per heavy atom. The zero-order chi connectivity index (χ0) is 37.0. The fraction of sp³-hybridized carbons (Fsp3) is 0.571. The highest BCUT2D eigenvalue weighted by atomic mass is 16.5. The highest BCUT2D eigenvalue weighted by Gasteiger charge is 2.59. The lowest BCUT2D eigenvalue weighted by molar-refractivity contribution is -0.168.